The summed E-state index contributed by atoms with van der Waals surface area (Å²) in [5.41, 5.74) is 0.981. The summed E-state index contributed by atoms with van der Waals surface area (Å²) < 4.78 is 0. The standard InChI is InChI=1S/C23H35N5O3/c29-21(27-22(30)24-17-18-7-3-1-4-8-18)13-16-28-14-11-20(12-15-28)26-23(31)25-19-9-5-2-6-10-19/h1,3-4,7-8,19-20H,2,5-6,9-17H2,(H2,25,26,31)(H2,24,27,29,30). The van der Waals surface area contributed by atoms with Crippen LogP contribution in [0.25, 0.3) is 0 Å². The molecule has 2 fully saturated rings. The van der Waals surface area contributed by atoms with Gasteiger partial charge in [-0.3, -0.25) is 10.1 Å². The van der Waals surface area contributed by atoms with Gasteiger partial charge < -0.3 is 20.9 Å². The summed E-state index contributed by atoms with van der Waals surface area (Å²) in [4.78, 5) is 38.3. The molecule has 170 valence electrons. The zero-order valence-corrected chi connectivity index (χ0v) is 18.2. The lowest BCUT2D eigenvalue weighted by atomic mass is 9.96. The molecule has 8 heteroatoms. The number of rotatable bonds is 7. The highest BCUT2D eigenvalue weighted by Crippen LogP contribution is 2.17. The number of hydrogen-bond acceptors (Lipinski definition) is 4. The molecule has 31 heavy (non-hydrogen) atoms. The maximum Gasteiger partial charge on any atom is 0.321 e. The molecule has 2 aliphatic rings. The summed E-state index contributed by atoms with van der Waals surface area (Å²) in [5.74, 6) is -0.280. The van der Waals surface area contributed by atoms with E-state index in [2.05, 4.69) is 26.2 Å². The van der Waals surface area contributed by atoms with Gasteiger partial charge in [0.2, 0.25) is 5.91 Å². The third kappa shape index (κ3) is 8.57. The summed E-state index contributed by atoms with van der Waals surface area (Å²) in [5, 5.41) is 11.3. The third-order valence-corrected chi connectivity index (χ3v) is 6.07. The molecular formula is C23H35N5O3. The molecule has 0 radical (unpaired) electrons. The van der Waals surface area contributed by atoms with Crippen molar-refractivity contribution in [3.8, 4) is 0 Å². The predicted octanol–water partition coefficient (Wildman–Crippen LogP) is 2.50. The van der Waals surface area contributed by atoms with E-state index in [1.807, 2.05) is 30.3 Å². The second-order valence-corrected chi connectivity index (χ2v) is 8.54. The number of likely N-dealkylation sites (tertiary alicyclic amines) is 1. The van der Waals surface area contributed by atoms with E-state index in [0.717, 1.165) is 44.3 Å². The molecule has 0 atom stereocenters. The highest BCUT2D eigenvalue weighted by atomic mass is 16.2. The minimum atomic E-state index is -0.472. The van der Waals surface area contributed by atoms with Crippen LogP contribution in [0.15, 0.2) is 30.3 Å². The van der Waals surface area contributed by atoms with Gasteiger partial charge in [-0.2, -0.15) is 0 Å². The molecule has 1 saturated heterocycles. The lowest BCUT2D eigenvalue weighted by molar-refractivity contribution is -0.120. The Morgan fingerprint density at radius 1 is 0.839 bits per heavy atom. The molecule has 5 amide bonds. The SMILES string of the molecule is O=C(CCN1CCC(NC(=O)NC2CCCCC2)CC1)NC(=O)NCc1ccccc1. The van der Waals surface area contributed by atoms with Gasteiger partial charge in [0.1, 0.15) is 0 Å². The third-order valence-electron chi connectivity index (χ3n) is 6.07. The monoisotopic (exact) mass is 429 g/mol. The Bertz CT molecular complexity index is 713. The Hall–Kier alpha value is -2.61. The number of urea groups is 2. The van der Waals surface area contributed by atoms with E-state index in [9.17, 15) is 14.4 Å². The van der Waals surface area contributed by atoms with Crippen LogP contribution in [0.5, 0.6) is 0 Å². The molecule has 1 aliphatic heterocycles. The molecular weight excluding hydrogens is 394 g/mol. The highest BCUT2D eigenvalue weighted by molar-refractivity contribution is 5.94. The maximum atomic E-state index is 12.2. The quantitative estimate of drug-likeness (QED) is 0.535. The van der Waals surface area contributed by atoms with E-state index in [4.69, 9.17) is 0 Å². The van der Waals surface area contributed by atoms with Crippen LogP contribution in [0.2, 0.25) is 0 Å². The van der Waals surface area contributed by atoms with Gasteiger partial charge in [0.15, 0.2) is 0 Å². The first-order valence-corrected chi connectivity index (χ1v) is 11.5. The molecule has 1 heterocycles. The van der Waals surface area contributed by atoms with Gasteiger partial charge in [0.25, 0.3) is 0 Å². The molecule has 1 saturated carbocycles. The topological polar surface area (TPSA) is 103 Å². The van der Waals surface area contributed by atoms with E-state index in [1.165, 1.54) is 19.3 Å². The van der Waals surface area contributed by atoms with Crippen molar-refractivity contribution in [3.63, 3.8) is 0 Å². The van der Waals surface area contributed by atoms with Crippen molar-refractivity contribution in [2.75, 3.05) is 19.6 Å². The van der Waals surface area contributed by atoms with Crippen LogP contribution >= 0.6 is 0 Å². The fraction of sp³-hybridized carbons (Fsp3) is 0.609. The van der Waals surface area contributed by atoms with Crippen molar-refractivity contribution in [3.05, 3.63) is 35.9 Å². The fourth-order valence-electron chi connectivity index (χ4n) is 4.23. The van der Waals surface area contributed by atoms with Gasteiger partial charge in [0, 0.05) is 44.7 Å². The molecule has 0 bridgehead atoms. The zero-order chi connectivity index (χ0) is 21.9. The van der Waals surface area contributed by atoms with Gasteiger partial charge in [-0.05, 0) is 31.2 Å². The normalized spacial score (nSPS) is 18.2. The minimum absolute atomic E-state index is 0.0498. The van der Waals surface area contributed by atoms with E-state index in [0.29, 0.717) is 19.1 Å². The number of amides is 5. The molecule has 0 aromatic heterocycles. The van der Waals surface area contributed by atoms with Gasteiger partial charge in [0.05, 0.1) is 0 Å². The van der Waals surface area contributed by atoms with E-state index in [-0.39, 0.29) is 24.4 Å². The van der Waals surface area contributed by atoms with Gasteiger partial charge >= 0.3 is 12.1 Å². The van der Waals surface area contributed by atoms with Crippen LogP contribution in [0.4, 0.5) is 9.59 Å². The predicted molar refractivity (Wildman–Crippen MR) is 119 cm³/mol. The summed E-state index contributed by atoms with van der Waals surface area (Å²) in [6, 6.07) is 9.53. The van der Waals surface area contributed by atoms with Crippen molar-refractivity contribution in [2.24, 2.45) is 0 Å². The number of benzene rings is 1. The van der Waals surface area contributed by atoms with E-state index < -0.39 is 6.03 Å². The minimum Gasteiger partial charge on any atom is -0.335 e. The van der Waals surface area contributed by atoms with Crippen molar-refractivity contribution in [2.45, 2.75) is 70.0 Å². The Kier molecular flexibility index (Phi) is 9.15. The summed E-state index contributed by atoms with van der Waals surface area (Å²) in [7, 11) is 0. The number of carbonyl (C=O) groups excluding carboxylic acids is 3. The lowest BCUT2D eigenvalue weighted by Crippen LogP contribution is -2.50. The molecule has 1 aromatic carbocycles. The number of nitrogens with zero attached hydrogens (tertiary/aromatic N) is 1. The first-order valence-electron chi connectivity index (χ1n) is 11.5. The smallest absolute Gasteiger partial charge is 0.321 e. The Balaban J connectivity index is 1.25. The van der Waals surface area contributed by atoms with Crippen molar-refractivity contribution < 1.29 is 14.4 Å². The van der Waals surface area contributed by atoms with Crippen molar-refractivity contribution in [1.82, 2.24) is 26.2 Å². The van der Waals surface area contributed by atoms with Crippen molar-refractivity contribution in [1.29, 1.82) is 0 Å². The second kappa shape index (κ2) is 12.3. The van der Waals surface area contributed by atoms with Crippen LogP contribution in [0.1, 0.15) is 56.9 Å². The van der Waals surface area contributed by atoms with E-state index >= 15 is 0 Å². The summed E-state index contributed by atoms with van der Waals surface area (Å²) in [6.45, 7) is 2.66. The van der Waals surface area contributed by atoms with Crippen LogP contribution in [0.3, 0.4) is 0 Å². The molecule has 0 spiro atoms. The van der Waals surface area contributed by atoms with Crippen molar-refractivity contribution >= 4 is 18.0 Å². The Morgan fingerprint density at radius 3 is 2.16 bits per heavy atom. The van der Waals surface area contributed by atoms with Gasteiger partial charge in [-0.1, -0.05) is 49.6 Å². The number of imide groups is 1. The van der Waals surface area contributed by atoms with Gasteiger partial charge in [-0.25, -0.2) is 9.59 Å². The largest absolute Gasteiger partial charge is 0.335 e. The Morgan fingerprint density at radius 2 is 1.48 bits per heavy atom. The van der Waals surface area contributed by atoms with Crippen LogP contribution < -0.4 is 21.3 Å². The number of carbonyl (C=O) groups is 3. The molecule has 4 N–H and O–H groups in total. The first-order chi connectivity index (χ1) is 15.1. The van der Waals surface area contributed by atoms with Crippen LogP contribution in [-0.4, -0.2) is 54.6 Å². The number of hydrogen-bond donors (Lipinski definition) is 4. The summed E-state index contributed by atoms with van der Waals surface area (Å²) in [6.07, 6.45) is 7.86. The number of piperidine rings is 1. The van der Waals surface area contributed by atoms with Gasteiger partial charge in [-0.15, -0.1) is 0 Å². The Labute approximate surface area is 184 Å². The molecule has 1 aromatic rings. The van der Waals surface area contributed by atoms with Crippen LogP contribution in [-0.2, 0) is 11.3 Å². The summed E-state index contributed by atoms with van der Waals surface area (Å²) >= 11 is 0. The first kappa shape index (κ1) is 23.1. The second-order valence-electron chi connectivity index (χ2n) is 8.54. The molecule has 3 rings (SSSR count). The molecule has 8 nitrogen and oxygen atoms in total. The highest BCUT2D eigenvalue weighted by Gasteiger charge is 2.22. The van der Waals surface area contributed by atoms with E-state index in [1.54, 1.807) is 0 Å². The molecule has 1 aliphatic carbocycles. The number of nitrogens with one attached hydrogen (secondary N) is 4. The fourth-order valence-corrected chi connectivity index (χ4v) is 4.23. The zero-order valence-electron chi connectivity index (χ0n) is 18.2. The molecule has 0 unspecified atom stereocenters. The average Bonchev–Trinajstić information content (AvgIpc) is 2.78. The maximum absolute atomic E-state index is 12.2. The lowest BCUT2D eigenvalue weighted by Gasteiger charge is -2.32. The average molecular weight is 430 g/mol. The van der Waals surface area contributed by atoms with Crippen LogP contribution in [0, 0.1) is 0 Å².